The summed E-state index contributed by atoms with van der Waals surface area (Å²) >= 11 is 0. The second-order valence-corrected chi connectivity index (χ2v) is 13.0. The monoisotopic (exact) mass is 348 g/mol. The Balaban J connectivity index is 3.63. The van der Waals surface area contributed by atoms with E-state index in [9.17, 15) is 16.8 Å². The van der Waals surface area contributed by atoms with Gasteiger partial charge in [0.1, 0.15) is 0 Å². The molecule has 0 aromatic rings. The first-order valence-electron chi connectivity index (χ1n) is 6.36. The SMILES string of the molecule is C[Si](C)(C)OS(=O)(=O)OCCCCCCOS(C)(=O)=O. The van der Waals surface area contributed by atoms with Crippen LogP contribution in [0.25, 0.3) is 0 Å². The molecular formula is C10H24O7S2Si. The number of hydrogen-bond acceptors (Lipinski definition) is 7. The van der Waals surface area contributed by atoms with Crippen molar-refractivity contribution in [1.29, 1.82) is 0 Å². The fourth-order valence-electron chi connectivity index (χ4n) is 1.26. The second-order valence-electron chi connectivity index (χ2n) is 5.37. The molecule has 0 aliphatic heterocycles. The van der Waals surface area contributed by atoms with Crippen molar-refractivity contribution in [3.05, 3.63) is 0 Å². The fourth-order valence-corrected chi connectivity index (χ4v) is 4.64. The predicted molar refractivity (Wildman–Crippen MR) is 78.6 cm³/mol. The molecule has 0 radical (unpaired) electrons. The maximum atomic E-state index is 11.4. The van der Waals surface area contributed by atoms with E-state index >= 15 is 0 Å². The van der Waals surface area contributed by atoms with Crippen LogP contribution in [0.3, 0.4) is 0 Å². The zero-order valence-electron chi connectivity index (χ0n) is 12.4. The second kappa shape index (κ2) is 8.44. The van der Waals surface area contributed by atoms with E-state index in [1.807, 2.05) is 0 Å². The first kappa shape index (κ1) is 20.0. The molecule has 0 saturated heterocycles. The van der Waals surface area contributed by atoms with Crippen molar-refractivity contribution in [1.82, 2.24) is 0 Å². The Morgan fingerprint density at radius 2 is 1.25 bits per heavy atom. The van der Waals surface area contributed by atoms with Crippen LogP contribution in [0.15, 0.2) is 0 Å². The van der Waals surface area contributed by atoms with Crippen LogP contribution in [-0.2, 0) is 32.8 Å². The Hall–Kier alpha value is -0.00312. The topological polar surface area (TPSA) is 96.0 Å². The van der Waals surface area contributed by atoms with Gasteiger partial charge in [-0.1, -0.05) is 12.8 Å². The van der Waals surface area contributed by atoms with Crippen LogP contribution in [0, 0.1) is 0 Å². The van der Waals surface area contributed by atoms with Gasteiger partial charge in [0.05, 0.1) is 19.5 Å². The van der Waals surface area contributed by atoms with Crippen molar-refractivity contribution in [3.63, 3.8) is 0 Å². The van der Waals surface area contributed by atoms with E-state index in [1.54, 1.807) is 19.6 Å². The third-order valence-electron chi connectivity index (χ3n) is 1.92. The van der Waals surface area contributed by atoms with E-state index < -0.39 is 28.8 Å². The summed E-state index contributed by atoms with van der Waals surface area (Å²) < 4.78 is 58.3. The molecule has 0 rings (SSSR count). The van der Waals surface area contributed by atoms with Crippen molar-refractivity contribution >= 4 is 28.8 Å². The van der Waals surface area contributed by atoms with Crippen molar-refractivity contribution in [2.24, 2.45) is 0 Å². The summed E-state index contributed by atoms with van der Waals surface area (Å²) in [6, 6.07) is 0. The van der Waals surface area contributed by atoms with Crippen molar-refractivity contribution in [3.8, 4) is 0 Å². The molecule has 10 heteroatoms. The molecule has 0 spiro atoms. The third kappa shape index (κ3) is 14.4. The summed E-state index contributed by atoms with van der Waals surface area (Å²) in [7, 11) is -9.46. The van der Waals surface area contributed by atoms with Gasteiger partial charge in [0, 0.05) is 0 Å². The van der Waals surface area contributed by atoms with Crippen molar-refractivity contribution < 1.29 is 29.1 Å². The quantitative estimate of drug-likeness (QED) is 0.318. The van der Waals surface area contributed by atoms with E-state index in [2.05, 4.69) is 4.18 Å². The molecule has 0 aliphatic carbocycles. The predicted octanol–water partition coefficient (Wildman–Crippen LogP) is 1.64. The van der Waals surface area contributed by atoms with Crippen LogP contribution >= 0.6 is 0 Å². The lowest BCUT2D eigenvalue weighted by Gasteiger charge is -2.15. The van der Waals surface area contributed by atoms with E-state index in [4.69, 9.17) is 8.06 Å². The van der Waals surface area contributed by atoms with Crippen LogP contribution in [0.5, 0.6) is 0 Å². The third-order valence-corrected chi connectivity index (χ3v) is 5.78. The van der Waals surface area contributed by atoms with Gasteiger partial charge in [-0.2, -0.15) is 16.8 Å². The molecule has 7 nitrogen and oxygen atoms in total. The lowest BCUT2D eigenvalue weighted by Crippen LogP contribution is -2.30. The molecule has 0 saturated carbocycles. The van der Waals surface area contributed by atoms with Crippen molar-refractivity contribution in [2.45, 2.75) is 45.3 Å². The first-order valence-corrected chi connectivity index (χ1v) is 12.9. The summed E-state index contributed by atoms with van der Waals surface area (Å²) in [6.07, 6.45) is 3.64. The molecule has 0 amide bonds. The molecule has 0 N–H and O–H groups in total. The zero-order valence-corrected chi connectivity index (χ0v) is 15.0. The molecule has 0 aliphatic rings. The average Bonchev–Trinajstić information content (AvgIpc) is 2.16. The van der Waals surface area contributed by atoms with Crippen LogP contribution in [0.4, 0.5) is 0 Å². The van der Waals surface area contributed by atoms with E-state index in [1.165, 1.54) is 0 Å². The van der Waals surface area contributed by atoms with Gasteiger partial charge in [0.2, 0.25) is 8.32 Å². The van der Waals surface area contributed by atoms with Gasteiger partial charge >= 0.3 is 10.4 Å². The maximum absolute atomic E-state index is 11.4. The molecule has 122 valence electrons. The molecule has 20 heavy (non-hydrogen) atoms. The highest BCUT2D eigenvalue weighted by atomic mass is 32.3. The Morgan fingerprint density at radius 1 is 0.800 bits per heavy atom. The normalized spacial score (nSPS) is 13.6. The summed E-state index contributed by atoms with van der Waals surface area (Å²) in [6.45, 7) is 5.50. The maximum Gasteiger partial charge on any atom is 0.390 e. The largest absolute Gasteiger partial charge is 0.390 e. The molecule has 0 aromatic heterocycles. The fraction of sp³-hybridized carbons (Fsp3) is 1.00. The summed E-state index contributed by atoms with van der Waals surface area (Å²) in [5.41, 5.74) is 0. The highest BCUT2D eigenvalue weighted by Gasteiger charge is 2.24. The van der Waals surface area contributed by atoms with E-state index in [-0.39, 0.29) is 13.2 Å². The lowest BCUT2D eigenvalue weighted by atomic mass is 10.2. The molecule has 0 atom stereocenters. The highest BCUT2D eigenvalue weighted by molar-refractivity contribution is 7.86. The molecule has 0 bridgehead atoms. The standard InChI is InChI=1S/C10H24O7S2Si/c1-18(11,12)15-9-7-5-6-8-10-16-19(13,14)17-20(2,3)4/h5-10H2,1-4H3. The van der Waals surface area contributed by atoms with Gasteiger partial charge in [-0.25, -0.2) is 4.18 Å². The highest BCUT2D eigenvalue weighted by Crippen LogP contribution is 2.10. The minimum Gasteiger partial charge on any atom is -0.294 e. The number of rotatable bonds is 11. The van der Waals surface area contributed by atoms with E-state index in [0.29, 0.717) is 12.8 Å². The molecular weight excluding hydrogens is 324 g/mol. The summed E-state index contributed by atoms with van der Waals surface area (Å²) in [5.74, 6) is 0. The van der Waals surface area contributed by atoms with Crippen LogP contribution in [0.2, 0.25) is 19.6 Å². The lowest BCUT2D eigenvalue weighted by molar-refractivity contribution is 0.261. The van der Waals surface area contributed by atoms with Crippen molar-refractivity contribution in [2.75, 3.05) is 19.5 Å². The number of hydrogen-bond donors (Lipinski definition) is 0. The Bertz CT molecular complexity index is 464. The van der Waals surface area contributed by atoms with Gasteiger partial charge in [-0.3, -0.25) is 8.06 Å². The minimum absolute atomic E-state index is 0.0692. The Labute approximate surface area is 123 Å². The first-order chi connectivity index (χ1) is 8.91. The van der Waals surface area contributed by atoms with E-state index in [0.717, 1.165) is 19.1 Å². The van der Waals surface area contributed by atoms with Gasteiger partial charge in [-0.15, -0.1) is 0 Å². The smallest absolute Gasteiger partial charge is 0.294 e. The average molecular weight is 349 g/mol. The summed E-state index contributed by atoms with van der Waals surface area (Å²) in [4.78, 5) is 0. The van der Waals surface area contributed by atoms with Crippen LogP contribution < -0.4 is 0 Å². The zero-order chi connectivity index (χ0) is 15.9. The molecule has 0 aromatic carbocycles. The minimum atomic E-state index is -3.90. The Morgan fingerprint density at radius 3 is 1.65 bits per heavy atom. The molecule has 0 unspecified atom stereocenters. The molecule has 0 heterocycles. The number of unbranched alkanes of at least 4 members (excludes halogenated alkanes) is 3. The van der Waals surface area contributed by atoms with Crippen LogP contribution in [-0.4, -0.2) is 44.6 Å². The summed E-state index contributed by atoms with van der Waals surface area (Å²) in [5, 5.41) is 0. The van der Waals surface area contributed by atoms with Gasteiger partial charge < -0.3 is 0 Å². The van der Waals surface area contributed by atoms with Gasteiger partial charge in [0.25, 0.3) is 10.1 Å². The van der Waals surface area contributed by atoms with Gasteiger partial charge in [-0.05, 0) is 32.5 Å². The molecule has 0 fully saturated rings. The van der Waals surface area contributed by atoms with Crippen LogP contribution in [0.1, 0.15) is 25.7 Å². The van der Waals surface area contributed by atoms with Gasteiger partial charge in [0.15, 0.2) is 0 Å². The Kier molecular flexibility index (Phi) is 8.44.